The molecular weight excluding hydrogens is 342 g/mol. The summed E-state index contributed by atoms with van der Waals surface area (Å²) < 4.78 is 5.16. The molecule has 5 heteroatoms. The molecule has 24 heavy (non-hydrogen) atoms. The van der Waals surface area contributed by atoms with Crippen LogP contribution in [-0.2, 0) is 4.79 Å². The van der Waals surface area contributed by atoms with Crippen molar-refractivity contribution in [3.05, 3.63) is 59.1 Å². The molecule has 0 saturated heterocycles. The minimum atomic E-state index is -0.133. The lowest BCUT2D eigenvalue weighted by Gasteiger charge is -2.19. The van der Waals surface area contributed by atoms with Crippen LogP contribution in [0.5, 0.6) is 5.75 Å². The summed E-state index contributed by atoms with van der Waals surface area (Å²) in [5.74, 6) is 0.850. The third-order valence-corrected chi connectivity index (χ3v) is 5.36. The van der Waals surface area contributed by atoms with Crippen molar-refractivity contribution in [2.45, 2.75) is 36.5 Å². The zero-order valence-corrected chi connectivity index (χ0v) is 15.7. The number of hydrogen-bond donors (Lipinski definition) is 1. The van der Waals surface area contributed by atoms with Crippen molar-refractivity contribution in [2.75, 3.05) is 7.11 Å². The fourth-order valence-corrected chi connectivity index (χ4v) is 3.37. The van der Waals surface area contributed by atoms with Gasteiger partial charge >= 0.3 is 0 Å². The molecule has 0 aliphatic carbocycles. The van der Waals surface area contributed by atoms with Gasteiger partial charge in [0.25, 0.3) is 0 Å². The summed E-state index contributed by atoms with van der Waals surface area (Å²) in [6.07, 6.45) is 0.758. The van der Waals surface area contributed by atoms with Crippen molar-refractivity contribution >= 4 is 29.3 Å². The molecule has 2 aromatic carbocycles. The monoisotopic (exact) mass is 363 g/mol. The minimum Gasteiger partial charge on any atom is -0.497 e. The van der Waals surface area contributed by atoms with E-state index in [0.717, 1.165) is 22.6 Å². The molecule has 3 nitrogen and oxygen atoms in total. The molecule has 2 rings (SSSR count). The number of rotatable bonds is 7. The first kappa shape index (κ1) is 18.7. The molecule has 0 fully saturated rings. The molecule has 128 valence electrons. The quantitative estimate of drug-likeness (QED) is 0.696. The predicted octanol–water partition coefficient (Wildman–Crippen LogP) is 5.10. The van der Waals surface area contributed by atoms with Crippen LogP contribution in [0.15, 0.2) is 53.4 Å². The molecular formula is C19H22ClNO2S. The van der Waals surface area contributed by atoms with E-state index in [2.05, 4.69) is 5.32 Å². The molecule has 1 amide bonds. The number of carbonyl (C=O) groups is 1. The van der Waals surface area contributed by atoms with Crippen molar-refractivity contribution in [3.8, 4) is 5.75 Å². The van der Waals surface area contributed by atoms with Crippen molar-refractivity contribution in [1.29, 1.82) is 0 Å². The van der Waals surface area contributed by atoms with Gasteiger partial charge < -0.3 is 10.1 Å². The van der Waals surface area contributed by atoms with Crippen LogP contribution >= 0.6 is 23.4 Å². The second kappa shape index (κ2) is 9.00. The Morgan fingerprint density at radius 1 is 1.17 bits per heavy atom. The number of nitrogens with one attached hydrogen (secondary N) is 1. The Morgan fingerprint density at radius 2 is 1.79 bits per heavy atom. The van der Waals surface area contributed by atoms with Crippen LogP contribution in [0.2, 0.25) is 5.02 Å². The third-order valence-electron chi connectivity index (χ3n) is 3.73. The maximum absolute atomic E-state index is 12.6. The predicted molar refractivity (Wildman–Crippen MR) is 101 cm³/mol. The van der Waals surface area contributed by atoms with Crippen molar-refractivity contribution < 1.29 is 9.53 Å². The standard InChI is InChI=1S/C19H22ClNO2S/c1-4-18(24-17-11-7-15(20)8-12-17)19(22)21-13(2)14-5-9-16(23-3)10-6-14/h5-13,18H,4H2,1-3H3,(H,21,22)/t13-,18+/m1/s1. The zero-order valence-electron chi connectivity index (χ0n) is 14.1. The van der Waals surface area contributed by atoms with E-state index >= 15 is 0 Å². The highest BCUT2D eigenvalue weighted by Gasteiger charge is 2.20. The second-order valence-electron chi connectivity index (χ2n) is 5.47. The molecule has 0 unspecified atom stereocenters. The normalized spacial score (nSPS) is 13.2. The molecule has 0 radical (unpaired) electrons. The van der Waals surface area contributed by atoms with Crippen LogP contribution in [0.1, 0.15) is 31.9 Å². The van der Waals surface area contributed by atoms with Gasteiger partial charge in [0, 0.05) is 9.92 Å². The first-order valence-electron chi connectivity index (χ1n) is 7.90. The van der Waals surface area contributed by atoms with Gasteiger partial charge in [0.05, 0.1) is 18.4 Å². The van der Waals surface area contributed by atoms with Crippen molar-refractivity contribution in [1.82, 2.24) is 5.32 Å². The lowest BCUT2D eigenvalue weighted by molar-refractivity contribution is -0.121. The van der Waals surface area contributed by atoms with Gasteiger partial charge in [-0.25, -0.2) is 0 Å². The molecule has 1 N–H and O–H groups in total. The maximum Gasteiger partial charge on any atom is 0.233 e. The summed E-state index contributed by atoms with van der Waals surface area (Å²) >= 11 is 7.46. The van der Waals surface area contributed by atoms with E-state index in [9.17, 15) is 4.79 Å². The maximum atomic E-state index is 12.6. The van der Waals surface area contributed by atoms with E-state index < -0.39 is 0 Å². The molecule has 2 atom stereocenters. The van der Waals surface area contributed by atoms with Crippen LogP contribution in [-0.4, -0.2) is 18.3 Å². The summed E-state index contributed by atoms with van der Waals surface area (Å²) in [6, 6.07) is 15.3. The summed E-state index contributed by atoms with van der Waals surface area (Å²) in [4.78, 5) is 13.6. The Bertz CT molecular complexity index is 658. The van der Waals surface area contributed by atoms with Gasteiger partial charge in [0.1, 0.15) is 5.75 Å². The van der Waals surface area contributed by atoms with Crippen LogP contribution < -0.4 is 10.1 Å². The van der Waals surface area contributed by atoms with Gasteiger partial charge in [-0.1, -0.05) is 30.7 Å². The fourth-order valence-electron chi connectivity index (χ4n) is 2.28. The number of amides is 1. The zero-order chi connectivity index (χ0) is 17.5. The SMILES string of the molecule is CC[C@H](Sc1ccc(Cl)cc1)C(=O)N[C@H](C)c1ccc(OC)cc1. The van der Waals surface area contributed by atoms with E-state index in [1.165, 1.54) is 0 Å². The van der Waals surface area contributed by atoms with Gasteiger partial charge in [0.2, 0.25) is 5.91 Å². The molecule has 0 aromatic heterocycles. The highest BCUT2D eigenvalue weighted by Crippen LogP contribution is 2.27. The van der Waals surface area contributed by atoms with Crippen molar-refractivity contribution in [3.63, 3.8) is 0 Å². The second-order valence-corrected chi connectivity index (χ2v) is 7.18. The molecule has 0 aliphatic rings. The van der Waals surface area contributed by atoms with E-state index in [4.69, 9.17) is 16.3 Å². The van der Waals surface area contributed by atoms with Crippen molar-refractivity contribution in [2.24, 2.45) is 0 Å². The fraction of sp³-hybridized carbons (Fsp3) is 0.316. The smallest absolute Gasteiger partial charge is 0.233 e. The Labute approximate surface area is 152 Å². The molecule has 0 bridgehead atoms. The largest absolute Gasteiger partial charge is 0.497 e. The van der Waals surface area contributed by atoms with Gasteiger partial charge in [-0.2, -0.15) is 0 Å². The Balaban J connectivity index is 1.98. The molecule has 0 heterocycles. The Hall–Kier alpha value is -1.65. The highest BCUT2D eigenvalue weighted by atomic mass is 35.5. The van der Waals surface area contributed by atoms with Gasteiger partial charge in [-0.05, 0) is 55.3 Å². The van der Waals surface area contributed by atoms with Gasteiger partial charge in [-0.15, -0.1) is 11.8 Å². The van der Waals surface area contributed by atoms with Gasteiger partial charge in [0.15, 0.2) is 0 Å². The number of methoxy groups -OCH3 is 1. The van der Waals surface area contributed by atoms with Crippen LogP contribution in [0.4, 0.5) is 0 Å². The molecule has 0 saturated carbocycles. The number of benzene rings is 2. The number of carbonyl (C=O) groups excluding carboxylic acids is 1. The molecule has 0 spiro atoms. The number of hydrogen-bond acceptors (Lipinski definition) is 3. The summed E-state index contributed by atoms with van der Waals surface area (Å²) in [5, 5.41) is 3.66. The average molecular weight is 364 g/mol. The summed E-state index contributed by atoms with van der Waals surface area (Å²) in [5.41, 5.74) is 1.05. The summed E-state index contributed by atoms with van der Waals surface area (Å²) in [7, 11) is 1.64. The Morgan fingerprint density at radius 3 is 2.33 bits per heavy atom. The summed E-state index contributed by atoms with van der Waals surface area (Å²) in [6.45, 7) is 4.00. The number of halogens is 1. The van der Waals surface area contributed by atoms with E-state index in [1.54, 1.807) is 18.9 Å². The van der Waals surface area contributed by atoms with E-state index in [0.29, 0.717) is 5.02 Å². The van der Waals surface area contributed by atoms with Crippen LogP contribution in [0.25, 0.3) is 0 Å². The molecule has 0 aliphatic heterocycles. The Kier molecular flexibility index (Phi) is 7.00. The third kappa shape index (κ3) is 5.18. The van der Waals surface area contributed by atoms with Gasteiger partial charge in [-0.3, -0.25) is 4.79 Å². The first-order valence-corrected chi connectivity index (χ1v) is 9.15. The van der Waals surface area contributed by atoms with E-state index in [-0.39, 0.29) is 17.2 Å². The lowest BCUT2D eigenvalue weighted by Crippen LogP contribution is -2.34. The topological polar surface area (TPSA) is 38.3 Å². The minimum absolute atomic E-state index is 0.0424. The van der Waals surface area contributed by atoms with E-state index in [1.807, 2.05) is 62.4 Å². The lowest BCUT2D eigenvalue weighted by atomic mass is 10.1. The molecule has 2 aromatic rings. The number of thioether (sulfide) groups is 1. The highest BCUT2D eigenvalue weighted by molar-refractivity contribution is 8.00. The van der Waals surface area contributed by atoms with Crippen LogP contribution in [0, 0.1) is 0 Å². The van der Waals surface area contributed by atoms with Crippen LogP contribution in [0.3, 0.4) is 0 Å². The first-order chi connectivity index (χ1) is 11.5. The number of ether oxygens (including phenoxy) is 1. The average Bonchev–Trinajstić information content (AvgIpc) is 2.61.